The number of nitrogens with zero attached hydrogens (tertiary/aromatic N) is 4. The zero-order valence-electron chi connectivity index (χ0n) is 15.3. The number of hydrogen-bond acceptors (Lipinski definition) is 7. The Labute approximate surface area is 166 Å². The summed E-state index contributed by atoms with van der Waals surface area (Å²) in [6.45, 7) is 1.95. The van der Waals surface area contributed by atoms with Gasteiger partial charge >= 0.3 is 0 Å². The molecule has 0 fully saturated rings. The molecule has 0 bridgehead atoms. The number of amides is 1. The van der Waals surface area contributed by atoms with E-state index in [9.17, 15) is 4.79 Å². The molecular weight excluding hydrogens is 376 g/mol. The third-order valence-corrected chi connectivity index (χ3v) is 5.36. The molecule has 1 amide bonds. The first kappa shape index (κ1) is 18.3. The monoisotopic (exact) mass is 396 g/mol. The highest BCUT2D eigenvalue weighted by Crippen LogP contribution is 2.37. The number of fused-ring (bicyclic) bond motifs is 1. The Kier molecular flexibility index (Phi) is 5.18. The molecule has 1 unspecified atom stereocenters. The lowest BCUT2D eigenvalue weighted by molar-refractivity contribution is -0.113. The van der Waals surface area contributed by atoms with E-state index in [4.69, 9.17) is 5.11 Å². The van der Waals surface area contributed by atoms with Crippen molar-refractivity contribution in [2.45, 2.75) is 25.8 Å². The summed E-state index contributed by atoms with van der Waals surface area (Å²) in [6, 6.07) is 7.14. The summed E-state index contributed by atoms with van der Waals surface area (Å²) in [4.78, 5) is 22.7. The van der Waals surface area contributed by atoms with Gasteiger partial charge in [0.2, 0.25) is 5.95 Å². The van der Waals surface area contributed by atoms with Gasteiger partial charge in [-0.25, -0.2) is 4.68 Å². The van der Waals surface area contributed by atoms with E-state index in [0.717, 1.165) is 10.6 Å². The minimum Gasteiger partial charge on any atom is -0.396 e. The van der Waals surface area contributed by atoms with E-state index in [2.05, 4.69) is 25.7 Å². The number of rotatable bonds is 6. The number of aliphatic hydroxyl groups is 1. The van der Waals surface area contributed by atoms with Crippen LogP contribution in [0.25, 0.3) is 0 Å². The molecular formula is C19H20N6O2S. The molecule has 3 aromatic heterocycles. The highest BCUT2D eigenvalue weighted by Gasteiger charge is 2.34. The van der Waals surface area contributed by atoms with Gasteiger partial charge < -0.3 is 15.7 Å². The largest absolute Gasteiger partial charge is 0.396 e. The number of aliphatic hydroxyl groups excluding tert-OH is 1. The number of anilines is 2. The number of pyridine rings is 1. The molecule has 1 atom stereocenters. The number of allylic oxidation sites excluding steroid dienone is 1. The van der Waals surface area contributed by atoms with Crippen molar-refractivity contribution in [1.29, 1.82) is 0 Å². The molecule has 1 aliphatic heterocycles. The summed E-state index contributed by atoms with van der Waals surface area (Å²) in [5, 5.41) is 21.8. The van der Waals surface area contributed by atoms with Gasteiger partial charge in [-0.2, -0.15) is 10.1 Å². The molecule has 4 heterocycles. The van der Waals surface area contributed by atoms with Crippen molar-refractivity contribution in [2.24, 2.45) is 0 Å². The van der Waals surface area contributed by atoms with Crippen molar-refractivity contribution in [3.63, 3.8) is 0 Å². The van der Waals surface area contributed by atoms with Crippen LogP contribution in [-0.4, -0.2) is 37.4 Å². The number of thiophene rings is 1. The number of carbonyl (C=O) groups excluding carboxylic acids is 1. The normalized spacial score (nSPS) is 15.9. The predicted octanol–water partition coefficient (Wildman–Crippen LogP) is 2.59. The van der Waals surface area contributed by atoms with Crippen molar-refractivity contribution >= 4 is 28.9 Å². The van der Waals surface area contributed by atoms with Gasteiger partial charge in [-0.3, -0.25) is 9.78 Å². The van der Waals surface area contributed by atoms with Crippen molar-refractivity contribution < 1.29 is 9.90 Å². The molecule has 9 heteroatoms. The third-order valence-electron chi connectivity index (χ3n) is 4.43. The van der Waals surface area contributed by atoms with Crippen LogP contribution in [-0.2, 0) is 11.2 Å². The molecule has 8 nitrogen and oxygen atoms in total. The van der Waals surface area contributed by atoms with Crippen LogP contribution < -0.4 is 10.6 Å². The summed E-state index contributed by atoms with van der Waals surface area (Å²) < 4.78 is 1.75. The van der Waals surface area contributed by atoms with Crippen LogP contribution in [0.5, 0.6) is 0 Å². The second-order valence-corrected chi connectivity index (χ2v) is 7.38. The Hall–Kier alpha value is -3.04. The molecule has 3 aromatic rings. The zero-order valence-corrected chi connectivity index (χ0v) is 16.1. The van der Waals surface area contributed by atoms with Crippen LogP contribution in [0.1, 0.15) is 30.1 Å². The standard InChI is InChI=1S/C19H20N6O2S/c1-12-16(18(27)22-13-5-2-8-20-11-13)17(14-6-4-10-28-14)25-19(21-12)23-15(24-25)7-3-9-26/h2,4-6,8,10-11,17,26H,3,7,9H2,1H3,(H,22,27)(H,21,23,24). The van der Waals surface area contributed by atoms with Crippen LogP contribution >= 0.6 is 11.3 Å². The van der Waals surface area contributed by atoms with E-state index in [1.807, 2.05) is 24.4 Å². The van der Waals surface area contributed by atoms with E-state index in [1.54, 1.807) is 40.5 Å². The van der Waals surface area contributed by atoms with Gasteiger partial charge in [-0.05, 0) is 36.9 Å². The Balaban J connectivity index is 1.72. The molecule has 0 spiro atoms. The topological polar surface area (TPSA) is 105 Å². The zero-order chi connectivity index (χ0) is 19.5. The molecule has 0 saturated heterocycles. The van der Waals surface area contributed by atoms with Crippen molar-refractivity contribution in [3.8, 4) is 0 Å². The van der Waals surface area contributed by atoms with E-state index in [-0.39, 0.29) is 18.6 Å². The van der Waals surface area contributed by atoms with E-state index in [1.165, 1.54) is 0 Å². The molecule has 0 aromatic carbocycles. The van der Waals surface area contributed by atoms with Crippen molar-refractivity contribution in [3.05, 3.63) is 64.0 Å². The Bertz CT molecular complexity index is 997. The summed E-state index contributed by atoms with van der Waals surface area (Å²) in [7, 11) is 0. The number of carbonyl (C=O) groups is 1. The third kappa shape index (κ3) is 3.54. The van der Waals surface area contributed by atoms with E-state index < -0.39 is 0 Å². The van der Waals surface area contributed by atoms with E-state index in [0.29, 0.717) is 35.9 Å². The van der Waals surface area contributed by atoms with Gasteiger partial charge in [0, 0.05) is 29.8 Å². The molecule has 4 rings (SSSR count). The first-order valence-electron chi connectivity index (χ1n) is 8.96. The molecule has 1 aliphatic rings. The minimum atomic E-state index is -0.372. The lowest BCUT2D eigenvalue weighted by atomic mass is 10.0. The van der Waals surface area contributed by atoms with Crippen LogP contribution in [0.4, 0.5) is 11.6 Å². The van der Waals surface area contributed by atoms with Gasteiger partial charge in [0.05, 0.1) is 17.5 Å². The van der Waals surface area contributed by atoms with Crippen molar-refractivity contribution in [1.82, 2.24) is 19.7 Å². The fourth-order valence-electron chi connectivity index (χ4n) is 3.18. The summed E-state index contributed by atoms with van der Waals surface area (Å²) in [5.74, 6) is 1.02. The second kappa shape index (κ2) is 7.91. The number of aryl methyl sites for hydroxylation is 1. The Morgan fingerprint density at radius 3 is 3.00 bits per heavy atom. The lowest BCUT2D eigenvalue weighted by Gasteiger charge is -2.27. The number of nitrogens with one attached hydrogen (secondary N) is 2. The first-order valence-corrected chi connectivity index (χ1v) is 9.84. The summed E-state index contributed by atoms with van der Waals surface area (Å²) >= 11 is 1.57. The number of hydrogen-bond donors (Lipinski definition) is 3. The van der Waals surface area contributed by atoms with E-state index >= 15 is 0 Å². The minimum absolute atomic E-state index is 0.0850. The molecule has 28 heavy (non-hydrogen) atoms. The summed E-state index contributed by atoms with van der Waals surface area (Å²) in [5.41, 5.74) is 1.94. The highest BCUT2D eigenvalue weighted by atomic mass is 32.1. The van der Waals surface area contributed by atoms with Gasteiger partial charge in [0.1, 0.15) is 6.04 Å². The Morgan fingerprint density at radius 2 is 2.29 bits per heavy atom. The molecule has 0 radical (unpaired) electrons. The smallest absolute Gasteiger partial charge is 0.255 e. The van der Waals surface area contributed by atoms with Gasteiger partial charge in [0.25, 0.3) is 5.91 Å². The summed E-state index contributed by atoms with van der Waals surface area (Å²) in [6.07, 6.45) is 4.43. The number of aromatic nitrogens is 4. The maximum atomic E-state index is 13.1. The second-order valence-electron chi connectivity index (χ2n) is 6.40. The lowest BCUT2D eigenvalue weighted by Crippen LogP contribution is -2.31. The maximum absolute atomic E-state index is 13.1. The average Bonchev–Trinajstić information content (AvgIpc) is 3.35. The Morgan fingerprint density at radius 1 is 1.39 bits per heavy atom. The van der Waals surface area contributed by atoms with Crippen LogP contribution in [0, 0.1) is 0 Å². The SMILES string of the molecule is CC1=C(C(=O)Nc2cccnc2)C(c2cccs2)n2nc(CCCO)nc2N1. The van der Waals surface area contributed by atoms with Crippen LogP contribution in [0.2, 0.25) is 0 Å². The molecule has 3 N–H and O–H groups in total. The average molecular weight is 396 g/mol. The van der Waals surface area contributed by atoms with Gasteiger partial charge in [-0.15, -0.1) is 11.3 Å². The van der Waals surface area contributed by atoms with Crippen LogP contribution in [0.3, 0.4) is 0 Å². The molecule has 144 valence electrons. The quantitative estimate of drug-likeness (QED) is 0.592. The molecule has 0 aliphatic carbocycles. The highest BCUT2D eigenvalue weighted by molar-refractivity contribution is 7.10. The predicted molar refractivity (Wildman–Crippen MR) is 107 cm³/mol. The van der Waals surface area contributed by atoms with Gasteiger partial charge in [0.15, 0.2) is 5.82 Å². The molecule has 0 saturated carbocycles. The van der Waals surface area contributed by atoms with Crippen molar-refractivity contribution in [2.75, 3.05) is 17.2 Å². The van der Waals surface area contributed by atoms with Crippen LogP contribution in [0.15, 0.2) is 53.3 Å². The fraction of sp³-hybridized carbons (Fsp3) is 0.263. The fourth-order valence-corrected chi connectivity index (χ4v) is 4.00. The first-order chi connectivity index (χ1) is 13.7. The van der Waals surface area contributed by atoms with Gasteiger partial charge in [-0.1, -0.05) is 6.07 Å². The maximum Gasteiger partial charge on any atom is 0.255 e.